The normalized spacial score (nSPS) is 20.2. The molecule has 0 aliphatic heterocycles. The minimum Gasteiger partial charge on any atom is -0.383 e. The molecule has 102 valence electrons. The maximum atomic E-state index is 6.33. The van der Waals surface area contributed by atoms with Crippen LogP contribution in [-0.2, 0) is 11.2 Å². The lowest BCUT2D eigenvalue weighted by Gasteiger charge is -2.26. The number of hydrogen-bond donors (Lipinski definition) is 1. The number of nitrogens with two attached hydrogens (primary N) is 1. The van der Waals surface area contributed by atoms with Crippen molar-refractivity contribution in [3.05, 3.63) is 18.0 Å². The highest BCUT2D eigenvalue weighted by molar-refractivity contribution is 5.06. The van der Waals surface area contributed by atoms with E-state index in [0.29, 0.717) is 12.6 Å². The van der Waals surface area contributed by atoms with Crippen LogP contribution in [0.5, 0.6) is 0 Å². The number of hydrogen-bond acceptors (Lipinski definition) is 3. The van der Waals surface area contributed by atoms with E-state index in [0.717, 1.165) is 18.5 Å². The summed E-state index contributed by atoms with van der Waals surface area (Å²) in [6, 6.07) is 2.71. The molecule has 0 amide bonds. The van der Waals surface area contributed by atoms with Gasteiger partial charge in [-0.15, -0.1) is 0 Å². The number of ether oxygens (including phenoxy) is 1. The van der Waals surface area contributed by atoms with E-state index in [1.807, 2.05) is 0 Å². The topological polar surface area (TPSA) is 53.1 Å². The van der Waals surface area contributed by atoms with Gasteiger partial charge >= 0.3 is 0 Å². The molecule has 0 saturated heterocycles. The van der Waals surface area contributed by atoms with E-state index < -0.39 is 0 Å². The van der Waals surface area contributed by atoms with E-state index in [1.54, 1.807) is 7.11 Å². The highest BCUT2D eigenvalue weighted by atomic mass is 16.5. The van der Waals surface area contributed by atoms with Crippen LogP contribution >= 0.6 is 0 Å². The Kier molecular flexibility index (Phi) is 4.40. The van der Waals surface area contributed by atoms with Crippen LogP contribution in [0.15, 0.2) is 12.3 Å². The van der Waals surface area contributed by atoms with Crippen molar-refractivity contribution < 1.29 is 4.74 Å². The van der Waals surface area contributed by atoms with Crippen LogP contribution in [0.2, 0.25) is 0 Å². The van der Waals surface area contributed by atoms with Gasteiger partial charge < -0.3 is 10.5 Å². The van der Waals surface area contributed by atoms with Gasteiger partial charge in [-0.25, -0.2) is 0 Å². The fourth-order valence-electron chi connectivity index (χ4n) is 2.77. The van der Waals surface area contributed by atoms with Crippen LogP contribution in [0.1, 0.15) is 50.8 Å². The number of nitrogens with zero attached hydrogens (tertiary/aromatic N) is 2. The van der Waals surface area contributed by atoms with Gasteiger partial charge in [0.1, 0.15) is 0 Å². The Morgan fingerprint density at radius 3 is 2.83 bits per heavy atom. The molecule has 1 aliphatic carbocycles. The number of methoxy groups -OCH3 is 1. The second-order valence-electron chi connectivity index (χ2n) is 5.55. The molecule has 0 radical (unpaired) electrons. The van der Waals surface area contributed by atoms with Gasteiger partial charge in [-0.2, -0.15) is 5.10 Å². The summed E-state index contributed by atoms with van der Waals surface area (Å²) in [5.74, 6) is 0. The molecule has 4 heteroatoms. The van der Waals surface area contributed by atoms with Crippen LogP contribution in [-0.4, -0.2) is 29.0 Å². The summed E-state index contributed by atoms with van der Waals surface area (Å²) in [5, 5.41) is 4.69. The zero-order valence-electron chi connectivity index (χ0n) is 11.6. The lowest BCUT2D eigenvalue weighted by Crippen LogP contribution is -2.45. The van der Waals surface area contributed by atoms with Crippen molar-refractivity contribution in [3.63, 3.8) is 0 Å². The van der Waals surface area contributed by atoms with E-state index >= 15 is 0 Å². The standard InChI is InChI=1S/C14H25N3O/c1-3-14(15,11-18-2)10-12-8-9-17(16-12)13-6-4-5-7-13/h8-9,13H,3-7,10-11,15H2,1-2H3. The molecule has 1 unspecified atom stereocenters. The summed E-state index contributed by atoms with van der Waals surface area (Å²) in [6.07, 6.45) is 8.99. The molecule has 1 aromatic heterocycles. The Labute approximate surface area is 110 Å². The molecular weight excluding hydrogens is 226 g/mol. The Bertz CT molecular complexity index is 371. The third-order valence-electron chi connectivity index (χ3n) is 4.03. The largest absolute Gasteiger partial charge is 0.383 e. The molecule has 1 saturated carbocycles. The van der Waals surface area contributed by atoms with Gasteiger partial charge in [0, 0.05) is 25.3 Å². The minimum absolute atomic E-state index is 0.288. The van der Waals surface area contributed by atoms with Crippen molar-refractivity contribution >= 4 is 0 Å². The SMILES string of the molecule is CCC(N)(COC)Cc1ccn(C2CCCC2)n1. The molecule has 2 N–H and O–H groups in total. The van der Waals surface area contributed by atoms with Crippen LogP contribution in [0.3, 0.4) is 0 Å². The molecule has 1 atom stereocenters. The summed E-state index contributed by atoms with van der Waals surface area (Å²) in [5.41, 5.74) is 7.13. The Balaban J connectivity index is 2.00. The average Bonchev–Trinajstić information content (AvgIpc) is 2.99. The van der Waals surface area contributed by atoms with Crippen molar-refractivity contribution in [2.24, 2.45) is 5.73 Å². The molecule has 1 aliphatic rings. The van der Waals surface area contributed by atoms with Crippen LogP contribution in [0, 0.1) is 0 Å². The van der Waals surface area contributed by atoms with Crippen molar-refractivity contribution in [1.29, 1.82) is 0 Å². The fourth-order valence-corrected chi connectivity index (χ4v) is 2.77. The van der Waals surface area contributed by atoms with Gasteiger partial charge in [0.25, 0.3) is 0 Å². The minimum atomic E-state index is -0.288. The molecule has 0 spiro atoms. The third kappa shape index (κ3) is 3.12. The van der Waals surface area contributed by atoms with Gasteiger partial charge in [0.05, 0.1) is 18.3 Å². The molecule has 1 aromatic rings. The Hall–Kier alpha value is -0.870. The first kappa shape index (κ1) is 13.6. The van der Waals surface area contributed by atoms with E-state index in [4.69, 9.17) is 10.5 Å². The molecule has 2 rings (SSSR count). The lowest BCUT2D eigenvalue weighted by atomic mass is 9.93. The summed E-state index contributed by atoms with van der Waals surface area (Å²) < 4.78 is 7.35. The van der Waals surface area contributed by atoms with Crippen LogP contribution < -0.4 is 5.73 Å². The van der Waals surface area contributed by atoms with Gasteiger partial charge in [0.15, 0.2) is 0 Å². The lowest BCUT2D eigenvalue weighted by molar-refractivity contribution is 0.128. The van der Waals surface area contributed by atoms with Crippen molar-refractivity contribution in [2.75, 3.05) is 13.7 Å². The molecular formula is C14H25N3O. The third-order valence-corrected chi connectivity index (χ3v) is 4.03. The summed E-state index contributed by atoms with van der Waals surface area (Å²) >= 11 is 0. The zero-order chi connectivity index (χ0) is 13.0. The highest BCUT2D eigenvalue weighted by Crippen LogP contribution is 2.29. The summed E-state index contributed by atoms with van der Waals surface area (Å²) in [7, 11) is 1.70. The van der Waals surface area contributed by atoms with E-state index in [1.165, 1.54) is 25.7 Å². The smallest absolute Gasteiger partial charge is 0.0646 e. The van der Waals surface area contributed by atoms with E-state index in [-0.39, 0.29) is 5.54 Å². The van der Waals surface area contributed by atoms with Crippen LogP contribution in [0.4, 0.5) is 0 Å². The quantitative estimate of drug-likeness (QED) is 0.844. The number of rotatable bonds is 6. The van der Waals surface area contributed by atoms with Crippen molar-refractivity contribution in [1.82, 2.24) is 9.78 Å². The highest BCUT2D eigenvalue weighted by Gasteiger charge is 2.25. The summed E-state index contributed by atoms with van der Waals surface area (Å²) in [4.78, 5) is 0. The van der Waals surface area contributed by atoms with Gasteiger partial charge in [-0.05, 0) is 25.3 Å². The van der Waals surface area contributed by atoms with Gasteiger partial charge in [0.2, 0.25) is 0 Å². The molecule has 4 nitrogen and oxygen atoms in total. The fraction of sp³-hybridized carbons (Fsp3) is 0.786. The van der Waals surface area contributed by atoms with E-state index in [9.17, 15) is 0 Å². The zero-order valence-corrected chi connectivity index (χ0v) is 11.6. The van der Waals surface area contributed by atoms with Gasteiger partial charge in [-0.3, -0.25) is 4.68 Å². The van der Waals surface area contributed by atoms with Crippen molar-refractivity contribution in [2.45, 2.75) is 57.0 Å². The molecule has 1 fully saturated rings. The first-order chi connectivity index (χ1) is 8.67. The Morgan fingerprint density at radius 1 is 1.50 bits per heavy atom. The predicted molar refractivity (Wildman–Crippen MR) is 72.5 cm³/mol. The summed E-state index contributed by atoms with van der Waals surface area (Å²) in [6.45, 7) is 2.69. The maximum absolute atomic E-state index is 6.33. The molecule has 0 aromatic carbocycles. The number of aromatic nitrogens is 2. The first-order valence-corrected chi connectivity index (χ1v) is 6.99. The molecule has 18 heavy (non-hydrogen) atoms. The average molecular weight is 251 g/mol. The second-order valence-corrected chi connectivity index (χ2v) is 5.55. The maximum Gasteiger partial charge on any atom is 0.0646 e. The van der Waals surface area contributed by atoms with Gasteiger partial charge in [-0.1, -0.05) is 19.8 Å². The first-order valence-electron chi connectivity index (χ1n) is 6.99. The predicted octanol–water partition coefficient (Wildman–Crippen LogP) is 2.29. The van der Waals surface area contributed by atoms with Crippen LogP contribution in [0.25, 0.3) is 0 Å². The van der Waals surface area contributed by atoms with Crippen molar-refractivity contribution in [3.8, 4) is 0 Å². The molecule has 0 bridgehead atoms. The van der Waals surface area contributed by atoms with E-state index in [2.05, 4.69) is 29.0 Å². The molecule has 1 heterocycles. The monoisotopic (exact) mass is 251 g/mol. The second kappa shape index (κ2) is 5.85. The Morgan fingerprint density at radius 2 is 2.22 bits per heavy atom.